The van der Waals surface area contributed by atoms with Crippen LogP contribution in [0.2, 0.25) is 5.02 Å². The number of carbonyl (C=O) groups excluding carboxylic acids is 2. The van der Waals surface area contributed by atoms with Crippen LogP contribution in [0, 0.1) is 0 Å². The average Bonchev–Trinajstić information content (AvgIpc) is 2.67. The molecule has 0 fully saturated rings. The predicted molar refractivity (Wildman–Crippen MR) is 113 cm³/mol. The Morgan fingerprint density at radius 1 is 1.10 bits per heavy atom. The molecule has 0 radical (unpaired) electrons. The highest BCUT2D eigenvalue weighted by Gasteiger charge is 2.18. The first-order valence-corrected chi connectivity index (χ1v) is 9.61. The second-order valence-corrected chi connectivity index (χ2v) is 7.77. The molecule has 7 heteroatoms. The van der Waals surface area contributed by atoms with Crippen LogP contribution in [0.3, 0.4) is 0 Å². The van der Waals surface area contributed by atoms with E-state index in [4.69, 9.17) is 25.8 Å². The van der Waals surface area contributed by atoms with Gasteiger partial charge in [-0.2, -0.15) is 0 Å². The Hall–Kier alpha value is -2.73. The topological polar surface area (TPSA) is 73.9 Å². The molecule has 29 heavy (non-hydrogen) atoms. The smallest absolute Gasteiger partial charge is 0.341 e. The highest BCUT2D eigenvalue weighted by Crippen LogP contribution is 2.31. The molecule has 156 valence electrons. The summed E-state index contributed by atoms with van der Waals surface area (Å²) in [5.41, 5.74) is 1.72. The predicted octanol–water partition coefficient (Wildman–Crippen LogP) is 4.84. The Morgan fingerprint density at radius 2 is 1.76 bits per heavy atom. The Labute approximate surface area is 176 Å². The van der Waals surface area contributed by atoms with Crippen molar-refractivity contribution in [2.24, 2.45) is 0 Å². The Balaban J connectivity index is 2.04. The van der Waals surface area contributed by atoms with Gasteiger partial charge in [-0.05, 0) is 36.1 Å². The van der Waals surface area contributed by atoms with Crippen LogP contribution in [0.4, 0.5) is 5.69 Å². The number of carbonyl (C=O) groups is 2. The SMILES string of the molecule is CCOC(=O)c1cc(Cl)c(NC(=O)COc2ccc(C(C)(C)C)cc2)cc1OC. The first kappa shape index (κ1) is 22.6. The van der Waals surface area contributed by atoms with E-state index in [1.807, 2.05) is 24.3 Å². The normalized spacial score (nSPS) is 11.0. The number of ether oxygens (including phenoxy) is 3. The summed E-state index contributed by atoms with van der Waals surface area (Å²) in [6, 6.07) is 10.5. The van der Waals surface area contributed by atoms with Gasteiger partial charge in [0, 0.05) is 6.07 Å². The quantitative estimate of drug-likeness (QED) is 0.650. The van der Waals surface area contributed by atoms with Gasteiger partial charge in [0.2, 0.25) is 0 Å². The molecule has 1 amide bonds. The minimum Gasteiger partial charge on any atom is -0.496 e. The third-order valence-electron chi connectivity index (χ3n) is 4.15. The van der Waals surface area contributed by atoms with Crippen LogP contribution in [-0.4, -0.2) is 32.2 Å². The molecule has 2 aromatic rings. The van der Waals surface area contributed by atoms with Gasteiger partial charge in [0.25, 0.3) is 5.91 Å². The molecule has 0 aliphatic carbocycles. The minimum atomic E-state index is -0.550. The average molecular weight is 420 g/mol. The summed E-state index contributed by atoms with van der Waals surface area (Å²) in [5.74, 6) is -0.0970. The van der Waals surface area contributed by atoms with Gasteiger partial charge in [-0.25, -0.2) is 4.79 Å². The number of esters is 1. The van der Waals surface area contributed by atoms with Gasteiger partial charge >= 0.3 is 5.97 Å². The second-order valence-electron chi connectivity index (χ2n) is 7.36. The molecule has 0 atom stereocenters. The summed E-state index contributed by atoms with van der Waals surface area (Å²) < 4.78 is 15.7. The van der Waals surface area contributed by atoms with Crippen LogP contribution in [0.1, 0.15) is 43.6 Å². The van der Waals surface area contributed by atoms with Crippen LogP contribution >= 0.6 is 11.6 Å². The van der Waals surface area contributed by atoms with Gasteiger partial charge in [0.05, 0.1) is 24.4 Å². The third-order valence-corrected chi connectivity index (χ3v) is 4.46. The molecular formula is C22H26ClNO5. The number of rotatable bonds is 7. The molecule has 0 spiro atoms. The van der Waals surface area contributed by atoms with E-state index in [1.165, 1.54) is 24.8 Å². The van der Waals surface area contributed by atoms with E-state index >= 15 is 0 Å². The fraction of sp³-hybridized carbons (Fsp3) is 0.364. The van der Waals surface area contributed by atoms with Crippen molar-refractivity contribution >= 4 is 29.2 Å². The summed E-state index contributed by atoms with van der Waals surface area (Å²) >= 11 is 6.21. The van der Waals surface area contributed by atoms with Crippen molar-refractivity contribution in [1.82, 2.24) is 0 Å². The first-order chi connectivity index (χ1) is 13.7. The lowest BCUT2D eigenvalue weighted by Crippen LogP contribution is -2.20. The summed E-state index contributed by atoms with van der Waals surface area (Å²) in [7, 11) is 1.42. The maximum Gasteiger partial charge on any atom is 0.341 e. The molecule has 0 aliphatic heterocycles. The van der Waals surface area contributed by atoms with E-state index in [9.17, 15) is 9.59 Å². The molecular weight excluding hydrogens is 394 g/mol. The highest BCUT2D eigenvalue weighted by atomic mass is 35.5. The lowest BCUT2D eigenvalue weighted by Gasteiger charge is -2.19. The summed E-state index contributed by atoms with van der Waals surface area (Å²) in [5, 5.41) is 2.85. The van der Waals surface area contributed by atoms with Crippen molar-refractivity contribution in [2.45, 2.75) is 33.1 Å². The number of hydrogen-bond acceptors (Lipinski definition) is 5. The first-order valence-electron chi connectivity index (χ1n) is 9.23. The zero-order valence-corrected chi connectivity index (χ0v) is 18.1. The standard InChI is InChI=1S/C22H26ClNO5/c1-6-28-21(26)16-11-17(23)18(12-19(16)27-5)24-20(25)13-29-15-9-7-14(8-10-15)22(2,3)4/h7-12H,6,13H2,1-5H3,(H,24,25). The van der Waals surface area contributed by atoms with Crippen molar-refractivity contribution in [3.8, 4) is 11.5 Å². The van der Waals surface area contributed by atoms with Gasteiger partial charge in [0.15, 0.2) is 6.61 Å². The lowest BCUT2D eigenvalue weighted by atomic mass is 9.87. The maximum atomic E-state index is 12.3. The second kappa shape index (κ2) is 9.65. The molecule has 1 N–H and O–H groups in total. The Morgan fingerprint density at radius 3 is 2.31 bits per heavy atom. The number of benzene rings is 2. The van der Waals surface area contributed by atoms with E-state index in [-0.39, 0.29) is 35.0 Å². The molecule has 0 aliphatic rings. The molecule has 2 rings (SSSR count). The van der Waals surface area contributed by atoms with E-state index in [0.29, 0.717) is 11.4 Å². The van der Waals surface area contributed by atoms with E-state index in [1.54, 1.807) is 6.92 Å². The fourth-order valence-electron chi connectivity index (χ4n) is 2.57. The summed E-state index contributed by atoms with van der Waals surface area (Å²) in [6.07, 6.45) is 0. The molecule has 2 aromatic carbocycles. The zero-order chi connectivity index (χ0) is 21.6. The Bertz CT molecular complexity index is 872. The highest BCUT2D eigenvalue weighted by molar-refractivity contribution is 6.34. The van der Waals surface area contributed by atoms with Crippen molar-refractivity contribution in [2.75, 3.05) is 25.6 Å². The van der Waals surface area contributed by atoms with Gasteiger partial charge in [-0.3, -0.25) is 4.79 Å². The summed E-state index contributed by atoms with van der Waals surface area (Å²) in [6.45, 7) is 8.13. The van der Waals surface area contributed by atoms with Crippen molar-refractivity contribution in [3.05, 3.63) is 52.5 Å². The number of nitrogens with one attached hydrogen (secondary N) is 1. The van der Waals surface area contributed by atoms with E-state index in [0.717, 1.165) is 0 Å². The van der Waals surface area contributed by atoms with Crippen molar-refractivity contribution in [1.29, 1.82) is 0 Å². The molecule has 0 saturated heterocycles. The molecule has 0 unspecified atom stereocenters. The fourth-order valence-corrected chi connectivity index (χ4v) is 2.78. The maximum absolute atomic E-state index is 12.3. The largest absolute Gasteiger partial charge is 0.496 e. The van der Waals surface area contributed by atoms with Crippen molar-refractivity contribution < 1.29 is 23.8 Å². The lowest BCUT2D eigenvalue weighted by molar-refractivity contribution is -0.118. The number of methoxy groups -OCH3 is 1. The number of hydrogen-bond donors (Lipinski definition) is 1. The van der Waals surface area contributed by atoms with Crippen molar-refractivity contribution in [3.63, 3.8) is 0 Å². The van der Waals surface area contributed by atoms with E-state index < -0.39 is 11.9 Å². The molecule has 0 aromatic heterocycles. The van der Waals surface area contributed by atoms with Gasteiger partial charge in [0.1, 0.15) is 17.1 Å². The van der Waals surface area contributed by atoms with E-state index in [2.05, 4.69) is 26.1 Å². The van der Waals surface area contributed by atoms with Crippen LogP contribution < -0.4 is 14.8 Å². The third kappa shape index (κ3) is 6.12. The van der Waals surface area contributed by atoms with Crippen LogP contribution in [0.15, 0.2) is 36.4 Å². The monoisotopic (exact) mass is 419 g/mol. The van der Waals surface area contributed by atoms with Crippen LogP contribution in [0.25, 0.3) is 0 Å². The van der Waals surface area contributed by atoms with Gasteiger partial charge < -0.3 is 19.5 Å². The van der Waals surface area contributed by atoms with Gasteiger partial charge in [-0.15, -0.1) is 0 Å². The number of halogens is 1. The Kier molecular flexibility index (Phi) is 7.51. The zero-order valence-electron chi connectivity index (χ0n) is 17.3. The van der Waals surface area contributed by atoms with Crippen LogP contribution in [-0.2, 0) is 14.9 Å². The van der Waals surface area contributed by atoms with Crippen LogP contribution in [0.5, 0.6) is 11.5 Å². The number of anilines is 1. The molecule has 0 heterocycles. The molecule has 0 saturated carbocycles. The molecule has 6 nitrogen and oxygen atoms in total. The van der Waals surface area contributed by atoms with Gasteiger partial charge in [-0.1, -0.05) is 44.5 Å². The number of amides is 1. The molecule has 0 bridgehead atoms. The minimum absolute atomic E-state index is 0.0431. The summed E-state index contributed by atoms with van der Waals surface area (Å²) in [4.78, 5) is 24.2.